The zero-order valence-electron chi connectivity index (χ0n) is 10.4. The Labute approximate surface area is 111 Å². The molecule has 4 heteroatoms. The first-order valence-corrected chi connectivity index (χ1v) is 7.10. The van der Waals surface area contributed by atoms with E-state index < -0.39 is 0 Å². The Morgan fingerprint density at radius 1 is 1.59 bits per heavy atom. The van der Waals surface area contributed by atoms with Crippen molar-refractivity contribution in [3.8, 4) is 5.75 Å². The summed E-state index contributed by atoms with van der Waals surface area (Å²) in [5, 5.41) is 0. The third-order valence-corrected chi connectivity index (χ3v) is 4.51. The van der Waals surface area contributed by atoms with Crippen molar-refractivity contribution in [2.75, 3.05) is 24.6 Å². The number of halogens is 1. The maximum atomic E-state index is 5.64. The van der Waals surface area contributed by atoms with Crippen molar-refractivity contribution in [1.82, 2.24) is 4.98 Å². The fourth-order valence-electron chi connectivity index (χ4n) is 2.20. The van der Waals surface area contributed by atoms with E-state index in [0.29, 0.717) is 17.4 Å². The Morgan fingerprint density at radius 2 is 2.41 bits per heavy atom. The predicted octanol–water partition coefficient (Wildman–Crippen LogP) is 3.09. The second-order valence-electron chi connectivity index (χ2n) is 4.49. The molecule has 2 unspecified atom stereocenters. The summed E-state index contributed by atoms with van der Waals surface area (Å²) in [7, 11) is 0. The molecule has 17 heavy (non-hydrogen) atoms. The summed E-state index contributed by atoms with van der Waals surface area (Å²) in [6.45, 7) is 7.03. The summed E-state index contributed by atoms with van der Waals surface area (Å²) in [6.07, 6.45) is 2.99. The van der Waals surface area contributed by atoms with E-state index in [1.807, 2.05) is 25.3 Å². The standard InChI is InChI=1S/C13H19BrN2O/c1-3-17-12-5-4-7-15-13(12)16-8-6-11(14)10(2)9-16/h4-5,7,10-11H,3,6,8-9H2,1-2H3. The smallest absolute Gasteiger partial charge is 0.171 e. The Balaban J connectivity index is 2.16. The van der Waals surface area contributed by atoms with Crippen molar-refractivity contribution >= 4 is 21.7 Å². The van der Waals surface area contributed by atoms with Gasteiger partial charge in [-0.25, -0.2) is 4.98 Å². The maximum Gasteiger partial charge on any atom is 0.171 e. The molecule has 3 nitrogen and oxygen atoms in total. The quantitative estimate of drug-likeness (QED) is 0.802. The third-order valence-electron chi connectivity index (χ3n) is 3.15. The molecule has 0 bridgehead atoms. The van der Waals surface area contributed by atoms with Gasteiger partial charge < -0.3 is 9.64 Å². The van der Waals surface area contributed by atoms with Crippen LogP contribution in [-0.2, 0) is 0 Å². The van der Waals surface area contributed by atoms with Crippen LogP contribution >= 0.6 is 15.9 Å². The predicted molar refractivity (Wildman–Crippen MR) is 74.1 cm³/mol. The normalized spacial score (nSPS) is 24.8. The number of piperidine rings is 1. The van der Waals surface area contributed by atoms with Crippen molar-refractivity contribution in [2.45, 2.75) is 25.1 Å². The van der Waals surface area contributed by atoms with Gasteiger partial charge in [0.05, 0.1) is 6.61 Å². The lowest BCUT2D eigenvalue weighted by Crippen LogP contribution is -2.40. The van der Waals surface area contributed by atoms with E-state index in [2.05, 4.69) is 32.7 Å². The van der Waals surface area contributed by atoms with Crippen molar-refractivity contribution < 1.29 is 4.74 Å². The lowest BCUT2D eigenvalue weighted by molar-refractivity contribution is 0.337. The highest BCUT2D eigenvalue weighted by molar-refractivity contribution is 9.09. The lowest BCUT2D eigenvalue weighted by Gasteiger charge is -2.35. The molecule has 1 aromatic heterocycles. The van der Waals surface area contributed by atoms with Crippen LogP contribution in [0, 0.1) is 5.92 Å². The summed E-state index contributed by atoms with van der Waals surface area (Å²) >= 11 is 3.72. The molecule has 1 aliphatic heterocycles. The molecule has 0 amide bonds. The largest absolute Gasteiger partial charge is 0.490 e. The number of anilines is 1. The van der Waals surface area contributed by atoms with Crippen LogP contribution in [0.5, 0.6) is 5.75 Å². The number of aromatic nitrogens is 1. The molecule has 1 aromatic rings. The van der Waals surface area contributed by atoms with Gasteiger partial charge >= 0.3 is 0 Å². The molecule has 2 heterocycles. The number of hydrogen-bond acceptors (Lipinski definition) is 3. The molecule has 2 atom stereocenters. The van der Waals surface area contributed by atoms with Crippen LogP contribution in [0.3, 0.4) is 0 Å². The van der Waals surface area contributed by atoms with Gasteiger partial charge in [0.1, 0.15) is 0 Å². The van der Waals surface area contributed by atoms with Crippen LogP contribution in [0.2, 0.25) is 0 Å². The molecule has 0 spiro atoms. The Kier molecular flexibility index (Phi) is 4.26. The molecule has 1 saturated heterocycles. The van der Waals surface area contributed by atoms with Crippen LogP contribution < -0.4 is 9.64 Å². The van der Waals surface area contributed by atoms with Crippen LogP contribution in [-0.4, -0.2) is 29.5 Å². The van der Waals surface area contributed by atoms with Gasteiger partial charge in [0.25, 0.3) is 0 Å². The third kappa shape index (κ3) is 2.92. The molecular weight excluding hydrogens is 280 g/mol. The van der Waals surface area contributed by atoms with E-state index in [9.17, 15) is 0 Å². The number of rotatable bonds is 3. The lowest BCUT2D eigenvalue weighted by atomic mass is 10.00. The van der Waals surface area contributed by atoms with Gasteiger partial charge in [0, 0.05) is 24.1 Å². The van der Waals surface area contributed by atoms with Crippen LogP contribution in [0.1, 0.15) is 20.3 Å². The first-order valence-electron chi connectivity index (χ1n) is 6.19. The van der Waals surface area contributed by atoms with Crippen molar-refractivity contribution in [3.63, 3.8) is 0 Å². The Hall–Kier alpha value is -0.770. The number of alkyl halides is 1. The second-order valence-corrected chi connectivity index (χ2v) is 5.66. The topological polar surface area (TPSA) is 25.4 Å². The first-order chi connectivity index (χ1) is 8.22. The minimum absolute atomic E-state index is 0.623. The first kappa shape index (κ1) is 12.7. The summed E-state index contributed by atoms with van der Waals surface area (Å²) in [5.41, 5.74) is 0. The fourth-order valence-corrected chi connectivity index (χ4v) is 2.57. The van der Waals surface area contributed by atoms with Gasteiger partial charge in [-0.1, -0.05) is 22.9 Å². The molecule has 1 aliphatic rings. The van der Waals surface area contributed by atoms with Crippen molar-refractivity contribution in [3.05, 3.63) is 18.3 Å². The summed E-state index contributed by atoms with van der Waals surface area (Å²) in [6, 6.07) is 3.92. The van der Waals surface area contributed by atoms with Gasteiger partial charge in [0.15, 0.2) is 11.6 Å². The number of ether oxygens (including phenoxy) is 1. The summed E-state index contributed by atoms with van der Waals surface area (Å²) in [5.74, 6) is 2.52. The van der Waals surface area contributed by atoms with E-state index >= 15 is 0 Å². The molecule has 0 N–H and O–H groups in total. The van der Waals surface area contributed by atoms with Crippen LogP contribution in [0.4, 0.5) is 5.82 Å². The van der Waals surface area contributed by atoms with E-state index in [4.69, 9.17) is 4.74 Å². The van der Waals surface area contributed by atoms with Crippen molar-refractivity contribution in [1.29, 1.82) is 0 Å². The number of nitrogens with zero attached hydrogens (tertiary/aromatic N) is 2. The molecule has 0 radical (unpaired) electrons. The van der Waals surface area contributed by atoms with E-state index in [0.717, 1.165) is 31.1 Å². The zero-order chi connectivity index (χ0) is 12.3. The highest BCUT2D eigenvalue weighted by Crippen LogP contribution is 2.31. The van der Waals surface area contributed by atoms with Gasteiger partial charge in [-0.3, -0.25) is 0 Å². The van der Waals surface area contributed by atoms with Gasteiger partial charge in [0.2, 0.25) is 0 Å². The molecule has 0 aliphatic carbocycles. The van der Waals surface area contributed by atoms with E-state index in [1.54, 1.807) is 0 Å². The average molecular weight is 299 g/mol. The SMILES string of the molecule is CCOc1cccnc1N1CCC(Br)C(C)C1. The number of hydrogen-bond donors (Lipinski definition) is 0. The van der Waals surface area contributed by atoms with Crippen molar-refractivity contribution in [2.24, 2.45) is 5.92 Å². The molecular formula is C13H19BrN2O. The van der Waals surface area contributed by atoms with E-state index in [-0.39, 0.29) is 0 Å². The second kappa shape index (κ2) is 5.71. The summed E-state index contributed by atoms with van der Waals surface area (Å²) in [4.78, 5) is 7.42. The highest BCUT2D eigenvalue weighted by Gasteiger charge is 2.26. The molecule has 1 fully saturated rings. The van der Waals surface area contributed by atoms with E-state index in [1.165, 1.54) is 0 Å². The highest BCUT2D eigenvalue weighted by atomic mass is 79.9. The zero-order valence-corrected chi connectivity index (χ0v) is 12.0. The molecule has 2 rings (SSSR count). The minimum Gasteiger partial charge on any atom is -0.490 e. The maximum absolute atomic E-state index is 5.64. The van der Waals surface area contributed by atoms with Crippen LogP contribution in [0.25, 0.3) is 0 Å². The summed E-state index contributed by atoms with van der Waals surface area (Å²) < 4.78 is 5.64. The van der Waals surface area contributed by atoms with Gasteiger partial charge in [-0.2, -0.15) is 0 Å². The van der Waals surface area contributed by atoms with Gasteiger partial charge in [-0.05, 0) is 31.4 Å². The minimum atomic E-state index is 0.623. The monoisotopic (exact) mass is 298 g/mol. The molecule has 94 valence electrons. The fraction of sp³-hybridized carbons (Fsp3) is 0.615. The number of pyridine rings is 1. The molecule has 0 saturated carbocycles. The Bertz CT molecular complexity index is 372. The van der Waals surface area contributed by atoms with Gasteiger partial charge in [-0.15, -0.1) is 0 Å². The Morgan fingerprint density at radius 3 is 3.12 bits per heavy atom. The van der Waals surface area contributed by atoms with Crippen LogP contribution in [0.15, 0.2) is 18.3 Å². The molecule has 0 aromatic carbocycles. The average Bonchev–Trinajstić information content (AvgIpc) is 2.34.